The van der Waals surface area contributed by atoms with E-state index in [1.54, 1.807) is 4.31 Å². The molecule has 5 nitrogen and oxygen atoms in total. The second-order valence-electron chi connectivity index (χ2n) is 7.18. The smallest absolute Gasteiger partial charge is 0.279 e. The zero-order chi connectivity index (χ0) is 14.9. The van der Waals surface area contributed by atoms with E-state index in [4.69, 9.17) is 0 Å². The average molecular weight is 315 g/mol. The molecule has 6 heteroatoms. The maximum atomic E-state index is 12.7. The van der Waals surface area contributed by atoms with E-state index >= 15 is 0 Å². The molecule has 0 radical (unpaired) electrons. The highest BCUT2D eigenvalue weighted by atomic mass is 32.2. The first kappa shape index (κ1) is 15.7. The van der Waals surface area contributed by atoms with Crippen LogP contribution in [-0.2, 0) is 10.2 Å². The Bertz CT molecular complexity index is 450. The summed E-state index contributed by atoms with van der Waals surface area (Å²) < 4.78 is 30.1. The SMILES string of the molecule is CC1CCC(NS(=O)(=O)N2CCCCC2CNC2CC2)C1. The van der Waals surface area contributed by atoms with E-state index in [0.717, 1.165) is 45.1 Å². The Morgan fingerprint density at radius 3 is 2.48 bits per heavy atom. The lowest BCUT2D eigenvalue weighted by molar-refractivity contribution is 0.241. The molecule has 3 rings (SSSR count). The van der Waals surface area contributed by atoms with Gasteiger partial charge in [0.25, 0.3) is 10.2 Å². The molecule has 1 heterocycles. The summed E-state index contributed by atoms with van der Waals surface area (Å²) in [6, 6.07) is 0.916. The molecular formula is C15H29N3O2S. The van der Waals surface area contributed by atoms with Gasteiger partial charge in [0.2, 0.25) is 0 Å². The lowest BCUT2D eigenvalue weighted by Gasteiger charge is -2.35. The van der Waals surface area contributed by atoms with Crippen molar-refractivity contribution in [1.82, 2.24) is 14.3 Å². The Kier molecular flexibility index (Phi) is 4.88. The number of nitrogens with zero attached hydrogens (tertiary/aromatic N) is 1. The van der Waals surface area contributed by atoms with E-state index in [2.05, 4.69) is 17.0 Å². The van der Waals surface area contributed by atoms with Crippen LogP contribution in [0.2, 0.25) is 0 Å². The Hall–Kier alpha value is -0.170. The van der Waals surface area contributed by atoms with Crippen molar-refractivity contribution >= 4 is 10.2 Å². The Balaban J connectivity index is 1.59. The fourth-order valence-electron chi connectivity index (χ4n) is 3.68. The van der Waals surface area contributed by atoms with E-state index in [1.807, 2.05) is 0 Å². The first-order valence-corrected chi connectivity index (χ1v) is 10.0. The lowest BCUT2D eigenvalue weighted by atomic mass is 10.1. The molecule has 0 aromatic carbocycles. The van der Waals surface area contributed by atoms with E-state index in [9.17, 15) is 8.42 Å². The van der Waals surface area contributed by atoms with Crippen LogP contribution in [0.1, 0.15) is 58.3 Å². The van der Waals surface area contributed by atoms with Crippen molar-refractivity contribution in [3.05, 3.63) is 0 Å². The first-order chi connectivity index (χ1) is 10.0. The summed E-state index contributed by atoms with van der Waals surface area (Å²) in [5, 5.41) is 3.50. The molecule has 21 heavy (non-hydrogen) atoms. The second-order valence-corrected chi connectivity index (χ2v) is 8.84. The van der Waals surface area contributed by atoms with Gasteiger partial charge < -0.3 is 5.32 Å². The maximum absolute atomic E-state index is 12.7. The Labute approximate surface area is 129 Å². The number of rotatable bonds is 6. The van der Waals surface area contributed by atoms with Crippen molar-refractivity contribution in [1.29, 1.82) is 0 Å². The van der Waals surface area contributed by atoms with Crippen molar-refractivity contribution in [3.8, 4) is 0 Å². The fourth-order valence-corrected chi connectivity index (χ4v) is 5.39. The van der Waals surface area contributed by atoms with Crippen LogP contribution < -0.4 is 10.0 Å². The van der Waals surface area contributed by atoms with Crippen LogP contribution >= 0.6 is 0 Å². The molecular weight excluding hydrogens is 286 g/mol. The minimum atomic E-state index is -3.32. The largest absolute Gasteiger partial charge is 0.312 e. The molecule has 122 valence electrons. The number of hydrogen-bond donors (Lipinski definition) is 2. The molecule has 0 spiro atoms. The van der Waals surface area contributed by atoms with Crippen LogP contribution in [0.25, 0.3) is 0 Å². The minimum absolute atomic E-state index is 0.135. The molecule has 3 unspecified atom stereocenters. The molecule has 0 bridgehead atoms. The molecule has 2 N–H and O–H groups in total. The third-order valence-electron chi connectivity index (χ3n) is 5.11. The summed E-state index contributed by atoms with van der Waals surface area (Å²) >= 11 is 0. The quantitative estimate of drug-likeness (QED) is 0.783. The van der Waals surface area contributed by atoms with Gasteiger partial charge in [0.1, 0.15) is 0 Å². The van der Waals surface area contributed by atoms with Crippen molar-refractivity contribution in [2.24, 2.45) is 5.92 Å². The van der Waals surface area contributed by atoms with E-state index in [1.165, 1.54) is 12.8 Å². The highest BCUT2D eigenvalue weighted by Crippen LogP contribution is 2.27. The highest BCUT2D eigenvalue weighted by molar-refractivity contribution is 7.87. The molecule has 3 aliphatic rings. The van der Waals surface area contributed by atoms with Crippen LogP contribution in [0.5, 0.6) is 0 Å². The molecule has 3 atom stereocenters. The van der Waals surface area contributed by atoms with Gasteiger partial charge in [0, 0.05) is 31.2 Å². The monoisotopic (exact) mass is 315 g/mol. The first-order valence-electron chi connectivity index (χ1n) is 8.57. The Morgan fingerprint density at radius 2 is 1.81 bits per heavy atom. The van der Waals surface area contributed by atoms with Gasteiger partial charge in [-0.1, -0.05) is 13.3 Å². The van der Waals surface area contributed by atoms with Gasteiger partial charge in [-0.15, -0.1) is 0 Å². The summed E-state index contributed by atoms with van der Waals surface area (Å²) in [5.74, 6) is 0.645. The second kappa shape index (κ2) is 6.52. The van der Waals surface area contributed by atoms with E-state index in [-0.39, 0.29) is 12.1 Å². The van der Waals surface area contributed by atoms with Gasteiger partial charge in [-0.2, -0.15) is 17.4 Å². The van der Waals surface area contributed by atoms with Gasteiger partial charge in [0.05, 0.1) is 0 Å². The lowest BCUT2D eigenvalue weighted by Crippen LogP contribution is -2.54. The number of hydrogen-bond acceptors (Lipinski definition) is 3. The predicted octanol–water partition coefficient (Wildman–Crippen LogP) is 1.62. The molecule has 0 aromatic heterocycles. The topological polar surface area (TPSA) is 61.4 Å². The number of piperidine rings is 1. The number of nitrogens with one attached hydrogen (secondary N) is 2. The summed E-state index contributed by atoms with van der Waals surface area (Å²) in [5.41, 5.74) is 0. The van der Waals surface area contributed by atoms with Crippen molar-refractivity contribution in [2.75, 3.05) is 13.1 Å². The Morgan fingerprint density at radius 1 is 1.05 bits per heavy atom. The van der Waals surface area contributed by atoms with E-state index in [0.29, 0.717) is 18.5 Å². The van der Waals surface area contributed by atoms with Gasteiger partial charge >= 0.3 is 0 Å². The van der Waals surface area contributed by atoms with Gasteiger partial charge in [-0.3, -0.25) is 0 Å². The van der Waals surface area contributed by atoms with Crippen LogP contribution in [0, 0.1) is 5.92 Å². The molecule has 2 aliphatic carbocycles. The summed E-state index contributed by atoms with van der Waals surface area (Å²) in [7, 11) is -3.32. The zero-order valence-corrected chi connectivity index (χ0v) is 13.9. The van der Waals surface area contributed by atoms with Crippen LogP contribution in [-0.4, -0.2) is 43.9 Å². The van der Waals surface area contributed by atoms with Gasteiger partial charge in [-0.05, 0) is 50.9 Å². The summed E-state index contributed by atoms with van der Waals surface area (Å²) in [4.78, 5) is 0. The highest BCUT2D eigenvalue weighted by Gasteiger charge is 2.35. The maximum Gasteiger partial charge on any atom is 0.279 e. The van der Waals surface area contributed by atoms with E-state index < -0.39 is 10.2 Å². The van der Waals surface area contributed by atoms with Crippen molar-refractivity contribution < 1.29 is 8.42 Å². The molecule has 3 fully saturated rings. The molecule has 0 aromatic rings. The van der Waals surface area contributed by atoms with Crippen LogP contribution in [0.3, 0.4) is 0 Å². The predicted molar refractivity (Wildman–Crippen MR) is 84.2 cm³/mol. The van der Waals surface area contributed by atoms with Crippen molar-refractivity contribution in [3.63, 3.8) is 0 Å². The average Bonchev–Trinajstić information content (AvgIpc) is 3.19. The summed E-state index contributed by atoms with van der Waals surface area (Å²) in [6.07, 6.45) is 8.72. The summed E-state index contributed by atoms with van der Waals surface area (Å²) in [6.45, 7) is 3.69. The standard InChI is InChI=1S/C15H29N3O2S/c1-12-5-6-14(10-12)17-21(19,20)18-9-3-2-4-15(18)11-16-13-7-8-13/h12-17H,2-11H2,1H3. The molecule has 0 amide bonds. The molecule has 2 saturated carbocycles. The zero-order valence-electron chi connectivity index (χ0n) is 13.1. The van der Waals surface area contributed by atoms with Crippen LogP contribution in [0.4, 0.5) is 0 Å². The van der Waals surface area contributed by atoms with Crippen LogP contribution in [0.15, 0.2) is 0 Å². The van der Waals surface area contributed by atoms with Gasteiger partial charge in [0.15, 0.2) is 0 Å². The third-order valence-corrected chi connectivity index (χ3v) is 6.84. The van der Waals surface area contributed by atoms with Gasteiger partial charge in [-0.25, -0.2) is 0 Å². The third kappa shape index (κ3) is 4.18. The molecule has 1 saturated heterocycles. The van der Waals surface area contributed by atoms with Crippen molar-refractivity contribution in [2.45, 2.75) is 76.4 Å². The minimum Gasteiger partial charge on any atom is -0.312 e. The fraction of sp³-hybridized carbons (Fsp3) is 1.00. The normalized spacial score (nSPS) is 35.2. The molecule has 1 aliphatic heterocycles.